The molecule has 0 spiro atoms. The number of hydrogen-bond acceptors (Lipinski definition) is 2. The number of nitriles is 1. The third kappa shape index (κ3) is 2.27. The van der Waals surface area contributed by atoms with Crippen molar-refractivity contribution in [1.82, 2.24) is 0 Å². The minimum absolute atomic E-state index is 0.243. The van der Waals surface area contributed by atoms with Crippen molar-refractivity contribution in [2.75, 3.05) is 0 Å². The van der Waals surface area contributed by atoms with Gasteiger partial charge in [0.1, 0.15) is 5.82 Å². The summed E-state index contributed by atoms with van der Waals surface area (Å²) >= 11 is 0. The lowest BCUT2D eigenvalue weighted by Crippen LogP contribution is -2.09. The van der Waals surface area contributed by atoms with Crippen LogP contribution < -0.4 is 5.73 Å². The Bertz CT molecular complexity index is 341. The first-order chi connectivity index (χ1) is 6.15. The van der Waals surface area contributed by atoms with Crippen LogP contribution in [0.3, 0.4) is 0 Å². The van der Waals surface area contributed by atoms with Crippen LogP contribution in [-0.2, 0) is 0 Å². The van der Waals surface area contributed by atoms with Gasteiger partial charge in [0.05, 0.1) is 12.5 Å². The average Bonchev–Trinajstić information content (AvgIpc) is 2.10. The first kappa shape index (κ1) is 9.69. The zero-order valence-electron chi connectivity index (χ0n) is 7.42. The Labute approximate surface area is 76.8 Å². The summed E-state index contributed by atoms with van der Waals surface area (Å²) in [4.78, 5) is 0. The molecule has 0 heterocycles. The van der Waals surface area contributed by atoms with E-state index in [1.165, 1.54) is 6.07 Å². The van der Waals surface area contributed by atoms with E-state index in [9.17, 15) is 4.39 Å². The molecule has 0 fully saturated rings. The molecular formula is C10H11FN2. The fraction of sp³-hybridized carbons (Fsp3) is 0.300. The average molecular weight is 178 g/mol. The van der Waals surface area contributed by atoms with E-state index >= 15 is 0 Å². The van der Waals surface area contributed by atoms with Gasteiger partial charge in [0.2, 0.25) is 0 Å². The van der Waals surface area contributed by atoms with Crippen molar-refractivity contribution in [2.45, 2.75) is 19.4 Å². The standard InChI is InChI=1S/C10H11FN2/c1-7-6-8(2-3-9(7)11)10(13)4-5-12/h2-3,6,10H,4,13H2,1H3/t10-/m1/s1. The number of nitrogens with two attached hydrogens (primary N) is 1. The van der Waals surface area contributed by atoms with Gasteiger partial charge in [-0.3, -0.25) is 0 Å². The van der Waals surface area contributed by atoms with Crippen molar-refractivity contribution in [2.24, 2.45) is 5.73 Å². The summed E-state index contributed by atoms with van der Waals surface area (Å²) < 4.78 is 12.8. The number of nitrogens with zero attached hydrogens (tertiary/aromatic N) is 1. The zero-order valence-corrected chi connectivity index (χ0v) is 7.42. The number of aryl methyl sites for hydroxylation is 1. The Morgan fingerprint density at radius 2 is 2.31 bits per heavy atom. The fourth-order valence-electron chi connectivity index (χ4n) is 1.11. The minimum Gasteiger partial charge on any atom is -0.323 e. The summed E-state index contributed by atoms with van der Waals surface area (Å²) in [6, 6.07) is 6.34. The van der Waals surface area contributed by atoms with Crippen molar-refractivity contribution in [3.05, 3.63) is 35.1 Å². The maximum atomic E-state index is 12.8. The van der Waals surface area contributed by atoms with Crippen LogP contribution in [0.2, 0.25) is 0 Å². The van der Waals surface area contributed by atoms with E-state index in [4.69, 9.17) is 11.0 Å². The molecule has 0 saturated heterocycles. The second kappa shape index (κ2) is 4.01. The van der Waals surface area contributed by atoms with Gasteiger partial charge in [0.15, 0.2) is 0 Å². The van der Waals surface area contributed by atoms with Gasteiger partial charge in [0.25, 0.3) is 0 Å². The highest BCUT2D eigenvalue weighted by Crippen LogP contribution is 2.16. The lowest BCUT2D eigenvalue weighted by atomic mass is 10.0. The Morgan fingerprint density at radius 3 is 2.85 bits per heavy atom. The van der Waals surface area contributed by atoms with Crippen LogP contribution in [0.15, 0.2) is 18.2 Å². The Hall–Kier alpha value is -1.40. The molecule has 2 N–H and O–H groups in total. The van der Waals surface area contributed by atoms with E-state index < -0.39 is 0 Å². The van der Waals surface area contributed by atoms with E-state index in [-0.39, 0.29) is 18.3 Å². The molecule has 0 aliphatic rings. The molecule has 0 aromatic heterocycles. The molecule has 2 nitrogen and oxygen atoms in total. The number of halogens is 1. The highest BCUT2D eigenvalue weighted by Gasteiger charge is 2.06. The maximum Gasteiger partial charge on any atom is 0.126 e. The molecule has 0 amide bonds. The van der Waals surface area contributed by atoms with E-state index in [1.54, 1.807) is 19.1 Å². The third-order valence-corrected chi connectivity index (χ3v) is 1.92. The van der Waals surface area contributed by atoms with E-state index in [0.29, 0.717) is 5.56 Å². The lowest BCUT2D eigenvalue weighted by molar-refractivity contribution is 0.615. The summed E-state index contributed by atoms with van der Waals surface area (Å²) in [7, 11) is 0. The van der Waals surface area contributed by atoms with Crippen LogP contribution in [0.5, 0.6) is 0 Å². The van der Waals surface area contributed by atoms with Gasteiger partial charge in [-0.1, -0.05) is 12.1 Å². The van der Waals surface area contributed by atoms with Crippen LogP contribution >= 0.6 is 0 Å². The molecule has 0 aliphatic carbocycles. The Balaban J connectivity index is 2.91. The zero-order chi connectivity index (χ0) is 9.84. The molecule has 1 atom stereocenters. The maximum absolute atomic E-state index is 12.8. The van der Waals surface area contributed by atoms with E-state index in [0.717, 1.165) is 5.56 Å². The Morgan fingerprint density at radius 1 is 1.62 bits per heavy atom. The summed E-state index contributed by atoms with van der Waals surface area (Å²) in [5.41, 5.74) is 7.05. The fourth-order valence-corrected chi connectivity index (χ4v) is 1.11. The predicted octanol–water partition coefficient (Wildman–Crippen LogP) is 2.05. The lowest BCUT2D eigenvalue weighted by Gasteiger charge is -2.08. The van der Waals surface area contributed by atoms with Crippen molar-refractivity contribution < 1.29 is 4.39 Å². The Kier molecular flexibility index (Phi) is 2.99. The number of benzene rings is 1. The smallest absolute Gasteiger partial charge is 0.126 e. The molecule has 0 aliphatic heterocycles. The SMILES string of the molecule is Cc1cc([C@H](N)CC#N)ccc1F. The molecular weight excluding hydrogens is 167 g/mol. The van der Waals surface area contributed by atoms with E-state index in [1.807, 2.05) is 6.07 Å². The molecule has 1 rings (SSSR count). The van der Waals surface area contributed by atoms with Crippen LogP contribution in [0.4, 0.5) is 4.39 Å². The van der Waals surface area contributed by atoms with Crippen molar-refractivity contribution in [3.63, 3.8) is 0 Å². The first-order valence-electron chi connectivity index (χ1n) is 4.03. The molecule has 0 radical (unpaired) electrons. The molecule has 1 aromatic rings. The monoisotopic (exact) mass is 178 g/mol. The van der Waals surface area contributed by atoms with Crippen LogP contribution in [0, 0.1) is 24.1 Å². The quantitative estimate of drug-likeness (QED) is 0.753. The normalized spacial score (nSPS) is 12.2. The summed E-state index contributed by atoms with van der Waals surface area (Å²) in [6.45, 7) is 1.68. The highest BCUT2D eigenvalue weighted by atomic mass is 19.1. The number of hydrogen-bond donors (Lipinski definition) is 1. The second-order valence-electron chi connectivity index (χ2n) is 2.98. The van der Waals surface area contributed by atoms with Gasteiger partial charge in [-0.25, -0.2) is 4.39 Å². The predicted molar refractivity (Wildman–Crippen MR) is 48.3 cm³/mol. The third-order valence-electron chi connectivity index (χ3n) is 1.92. The van der Waals surface area contributed by atoms with Gasteiger partial charge in [-0.05, 0) is 24.1 Å². The summed E-state index contributed by atoms with van der Waals surface area (Å²) in [5.74, 6) is -0.243. The number of rotatable bonds is 2. The molecule has 68 valence electrons. The molecule has 3 heteroatoms. The van der Waals surface area contributed by atoms with Gasteiger partial charge in [-0.15, -0.1) is 0 Å². The topological polar surface area (TPSA) is 49.8 Å². The molecule has 13 heavy (non-hydrogen) atoms. The molecule has 0 saturated carbocycles. The largest absolute Gasteiger partial charge is 0.323 e. The van der Waals surface area contributed by atoms with Gasteiger partial charge in [-0.2, -0.15) is 5.26 Å². The van der Waals surface area contributed by atoms with Gasteiger partial charge >= 0.3 is 0 Å². The van der Waals surface area contributed by atoms with Crippen LogP contribution in [-0.4, -0.2) is 0 Å². The molecule has 0 bridgehead atoms. The highest BCUT2D eigenvalue weighted by molar-refractivity contribution is 5.26. The minimum atomic E-state index is -0.315. The van der Waals surface area contributed by atoms with Gasteiger partial charge in [0, 0.05) is 6.04 Å². The van der Waals surface area contributed by atoms with Crippen molar-refractivity contribution >= 4 is 0 Å². The van der Waals surface area contributed by atoms with Crippen LogP contribution in [0.1, 0.15) is 23.6 Å². The molecule has 0 unspecified atom stereocenters. The second-order valence-corrected chi connectivity index (χ2v) is 2.98. The molecule has 1 aromatic carbocycles. The summed E-state index contributed by atoms with van der Waals surface area (Å²) in [5, 5.41) is 8.42. The van der Waals surface area contributed by atoms with Crippen molar-refractivity contribution in [1.29, 1.82) is 5.26 Å². The van der Waals surface area contributed by atoms with Crippen LogP contribution in [0.25, 0.3) is 0 Å². The van der Waals surface area contributed by atoms with Gasteiger partial charge < -0.3 is 5.73 Å². The summed E-state index contributed by atoms with van der Waals surface area (Å²) in [6.07, 6.45) is 0.255. The van der Waals surface area contributed by atoms with E-state index in [2.05, 4.69) is 0 Å². The first-order valence-corrected chi connectivity index (χ1v) is 4.03. The van der Waals surface area contributed by atoms with Crippen molar-refractivity contribution in [3.8, 4) is 6.07 Å².